The lowest BCUT2D eigenvalue weighted by Crippen LogP contribution is -2.21. The zero-order chi connectivity index (χ0) is 21.7. The zero-order valence-electron chi connectivity index (χ0n) is 17.8. The van der Waals surface area contributed by atoms with Gasteiger partial charge in [0.1, 0.15) is 5.75 Å². The first kappa shape index (κ1) is 21.8. The van der Waals surface area contributed by atoms with Crippen molar-refractivity contribution < 1.29 is 23.9 Å². The Bertz CT molecular complexity index is 925. The number of ether oxygens (including phenoxy) is 2. The SMILES string of the molecule is COc1ccc(C)cc1C(=O)CCC(=O)OC(C(=O)CC1CC1)c1ccc(C)cc1. The van der Waals surface area contributed by atoms with Crippen LogP contribution < -0.4 is 4.74 Å². The van der Waals surface area contributed by atoms with Gasteiger partial charge in [0.15, 0.2) is 17.7 Å². The monoisotopic (exact) mass is 408 g/mol. The van der Waals surface area contributed by atoms with Gasteiger partial charge in [-0.25, -0.2) is 0 Å². The summed E-state index contributed by atoms with van der Waals surface area (Å²) < 4.78 is 10.8. The number of rotatable bonds is 10. The minimum Gasteiger partial charge on any atom is -0.496 e. The van der Waals surface area contributed by atoms with Crippen molar-refractivity contribution in [2.75, 3.05) is 7.11 Å². The molecule has 5 nitrogen and oxygen atoms in total. The Morgan fingerprint density at radius 3 is 2.27 bits per heavy atom. The van der Waals surface area contributed by atoms with E-state index in [2.05, 4.69) is 0 Å². The quantitative estimate of drug-likeness (QED) is 0.412. The number of Topliss-reactive ketones (excluding diaryl/α,β-unsaturated/α-hetero) is 2. The number of aryl methyl sites for hydroxylation is 2. The normalized spacial score (nSPS) is 14.1. The predicted molar refractivity (Wildman–Crippen MR) is 114 cm³/mol. The average molecular weight is 408 g/mol. The minimum atomic E-state index is -0.915. The lowest BCUT2D eigenvalue weighted by atomic mass is 10.00. The number of hydrogen-bond donors (Lipinski definition) is 0. The van der Waals surface area contributed by atoms with Gasteiger partial charge in [-0.1, -0.05) is 41.5 Å². The fourth-order valence-electron chi connectivity index (χ4n) is 3.35. The van der Waals surface area contributed by atoms with Gasteiger partial charge in [0.2, 0.25) is 0 Å². The molecule has 1 unspecified atom stereocenters. The number of benzene rings is 2. The van der Waals surface area contributed by atoms with E-state index >= 15 is 0 Å². The number of esters is 1. The van der Waals surface area contributed by atoms with Gasteiger partial charge < -0.3 is 9.47 Å². The van der Waals surface area contributed by atoms with Gasteiger partial charge in [-0.3, -0.25) is 14.4 Å². The lowest BCUT2D eigenvalue weighted by molar-refractivity contribution is -0.155. The summed E-state index contributed by atoms with van der Waals surface area (Å²) in [6.07, 6.45) is 1.51. The van der Waals surface area contributed by atoms with Gasteiger partial charge in [0.05, 0.1) is 19.1 Å². The standard InChI is InChI=1S/C25H28O5/c1-16-4-9-19(10-5-16)25(22(27)15-18-7-8-18)30-24(28)13-11-21(26)20-14-17(2)6-12-23(20)29-3/h4-6,9-10,12,14,18,25H,7-8,11,13,15H2,1-3H3. The van der Waals surface area contributed by atoms with Gasteiger partial charge >= 0.3 is 5.97 Å². The van der Waals surface area contributed by atoms with Crippen molar-refractivity contribution >= 4 is 17.5 Å². The third-order valence-electron chi connectivity index (χ3n) is 5.32. The van der Waals surface area contributed by atoms with E-state index in [0.29, 0.717) is 29.2 Å². The zero-order valence-corrected chi connectivity index (χ0v) is 17.8. The summed E-state index contributed by atoms with van der Waals surface area (Å²) in [5, 5.41) is 0. The lowest BCUT2D eigenvalue weighted by Gasteiger charge is -2.17. The highest BCUT2D eigenvalue weighted by molar-refractivity contribution is 6.00. The highest BCUT2D eigenvalue weighted by Gasteiger charge is 2.31. The molecule has 1 aliphatic rings. The third-order valence-corrected chi connectivity index (χ3v) is 5.32. The molecular formula is C25H28O5. The van der Waals surface area contributed by atoms with E-state index in [9.17, 15) is 14.4 Å². The van der Waals surface area contributed by atoms with E-state index in [1.165, 1.54) is 7.11 Å². The summed E-state index contributed by atoms with van der Waals surface area (Å²) in [5.41, 5.74) is 3.12. The van der Waals surface area contributed by atoms with Gasteiger partial charge in [-0.2, -0.15) is 0 Å². The second-order valence-electron chi connectivity index (χ2n) is 8.02. The van der Waals surface area contributed by atoms with Crippen LogP contribution in [-0.4, -0.2) is 24.6 Å². The molecule has 0 amide bonds. The number of carbonyl (C=O) groups excluding carboxylic acids is 3. The molecule has 0 saturated heterocycles. The molecule has 1 fully saturated rings. The fourth-order valence-corrected chi connectivity index (χ4v) is 3.35. The summed E-state index contributed by atoms with van der Waals surface area (Å²) in [4.78, 5) is 37.8. The Morgan fingerprint density at radius 2 is 1.63 bits per heavy atom. The summed E-state index contributed by atoms with van der Waals surface area (Å²) in [7, 11) is 1.51. The van der Waals surface area contributed by atoms with Crippen molar-refractivity contribution in [3.63, 3.8) is 0 Å². The van der Waals surface area contributed by atoms with Crippen LogP contribution in [0.15, 0.2) is 42.5 Å². The molecule has 5 heteroatoms. The Balaban J connectivity index is 1.65. The van der Waals surface area contributed by atoms with Crippen molar-refractivity contribution in [1.82, 2.24) is 0 Å². The van der Waals surface area contributed by atoms with Gasteiger partial charge in [-0.15, -0.1) is 0 Å². The molecule has 1 aliphatic carbocycles. The van der Waals surface area contributed by atoms with Crippen LogP contribution in [0, 0.1) is 19.8 Å². The fraction of sp³-hybridized carbons (Fsp3) is 0.400. The molecule has 0 bridgehead atoms. The van der Waals surface area contributed by atoms with Gasteiger partial charge in [0, 0.05) is 12.8 Å². The maximum Gasteiger partial charge on any atom is 0.307 e. The highest BCUT2D eigenvalue weighted by Crippen LogP contribution is 2.35. The van der Waals surface area contributed by atoms with Crippen LogP contribution in [0.3, 0.4) is 0 Å². The molecule has 0 heterocycles. The topological polar surface area (TPSA) is 69.7 Å². The van der Waals surface area contributed by atoms with E-state index in [-0.39, 0.29) is 24.4 Å². The number of carbonyl (C=O) groups is 3. The van der Waals surface area contributed by atoms with Crippen LogP contribution in [0.1, 0.15) is 65.3 Å². The van der Waals surface area contributed by atoms with Crippen molar-refractivity contribution in [1.29, 1.82) is 0 Å². The van der Waals surface area contributed by atoms with E-state index in [1.807, 2.05) is 44.2 Å². The van der Waals surface area contributed by atoms with Crippen molar-refractivity contribution in [2.24, 2.45) is 5.92 Å². The van der Waals surface area contributed by atoms with E-state index in [1.54, 1.807) is 12.1 Å². The van der Waals surface area contributed by atoms with Gasteiger partial charge in [0.25, 0.3) is 0 Å². The molecule has 2 aromatic carbocycles. The molecule has 2 aromatic rings. The molecule has 0 aliphatic heterocycles. The molecule has 3 rings (SSSR count). The maximum absolute atomic E-state index is 12.7. The predicted octanol–water partition coefficient (Wildman–Crippen LogP) is 4.93. The van der Waals surface area contributed by atoms with Crippen molar-refractivity contribution in [3.05, 3.63) is 64.7 Å². The Hall–Kier alpha value is -2.95. The molecule has 0 radical (unpaired) electrons. The van der Waals surface area contributed by atoms with E-state index < -0.39 is 12.1 Å². The average Bonchev–Trinajstić information content (AvgIpc) is 3.55. The van der Waals surface area contributed by atoms with Crippen molar-refractivity contribution in [3.8, 4) is 5.75 Å². The number of hydrogen-bond acceptors (Lipinski definition) is 5. The van der Waals surface area contributed by atoms with E-state index in [4.69, 9.17) is 9.47 Å². The number of methoxy groups -OCH3 is 1. The summed E-state index contributed by atoms with van der Waals surface area (Å²) in [6.45, 7) is 3.85. The molecule has 1 saturated carbocycles. The van der Waals surface area contributed by atoms with E-state index in [0.717, 1.165) is 24.0 Å². The molecule has 0 N–H and O–H groups in total. The number of ketones is 2. The Morgan fingerprint density at radius 1 is 0.967 bits per heavy atom. The van der Waals surface area contributed by atoms with Crippen LogP contribution >= 0.6 is 0 Å². The first-order valence-corrected chi connectivity index (χ1v) is 10.3. The van der Waals surface area contributed by atoms with Crippen LogP contribution in [0.25, 0.3) is 0 Å². The summed E-state index contributed by atoms with van der Waals surface area (Å²) in [5.74, 6) is 0.0605. The summed E-state index contributed by atoms with van der Waals surface area (Å²) >= 11 is 0. The largest absolute Gasteiger partial charge is 0.496 e. The van der Waals surface area contributed by atoms with Crippen molar-refractivity contribution in [2.45, 2.75) is 52.1 Å². The Kier molecular flexibility index (Phi) is 7.03. The van der Waals surface area contributed by atoms with Crippen LogP contribution in [0.4, 0.5) is 0 Å². The maximum atomic E-state index is 12.7. The first-order valence-electron chi connectivity index (χ1n) is 10.3. The van der Waals surface area contributed by atoms with Crippen LogP contribution in [0.2, 0.25) is 0 Å². The molecule has 158 valence electrons. The molecule has 30 heavy (non-hydrogen) atoms. The van der Waals surface area contributed by atoms with Crippen LogP contribution in [-0.2, 0) is 14.3 Å². The first-order chi connectivity index (χ1) is 14.4. The molecule has 0 spiro atoms. The van der Waals surface area contributed by atoms with Crippen LogP contribution in [0.5, 0.6) is 5.75 Å². The molecular weight excluding hydrogens is 380 g/mol. The van der Waals surface area contributed by atoms with Gasteiger partial charge in [-0.05, 0) is 50.3 Å². The highest BCUT2D eigenvalue weighted by atomic mass is 16.5. The summed E-state index contributed by atoms with van der Waals surface area (Å²) in [6, 6.07) is 12.8. The third kappa shape index (κ3) is 5.78. The second kappa shape index (κ2) is 9.70. The molecule has 1 atom stereocenters. The Labute approximate surface area is 177 Å². The molecule has 0 aromatic heterocycles. The smallest absolute Gasteiger partial charge is 0.307 e. The minimum absolute atomic E-state index is 0.00389. The second-order valence-corrected chi connectivity index (χ2v) is 8.02.